The predicted octanol–water partition coefficient (Wildman–Crippen LogP) is 1.35. The molecule has 1 aromatic rings. The molecule has 100 valence electrons. The maximum Gasteiger partial charge on any atom is 0.405 e. The zero-order chi connectivity index (χ0) is 13.8. The number of hydrogen-bond donors (Lipinski definition) is 1. The molecule has 0 radical (unpaired) electrons. The van der Waals surface area contributed by atoms with E-state index in [9.17, 15) is 23.3 Å². The first-order valence-electron chi connectivity index (χ1n) is 4.86. The van der Waals surface area contributed by atoms with Crippen molar-refractivity contribution in [3.63, 3.8) is 0 Å². The average molecular weight is 265 g/mol. The fraction of sp³-hybridized carbons (Fsp3) is 0.444. The van der Waals surface area contributed by atoms with Crippen molar-refractivity contribution in [1.29, 1.82) is 0 Å². The van der Waals surface area contributed by atoms with Gasteiger partial charge in [-0.1, -0.05) is 0 Å². The van der Waals surface area contributed by atoms with Crippen molar-refractivity contribution in [2.24, 2.45) is 0 Å². The van der Waals surface area contributed by atoms with Gasteiger partial charge in [-0.05, 0) is 16.0 Å². The Labute approximate surface area is 99.8 Å². The van der Waals surface area contributed by atoms with Gasteiger partial charge in [0.05, 0.1) is 12.3 Å². The Morgan fingerprint density at radius 3 is 2.50 bits per heavy atom. The van der Waals surface area contributed by atoms with Gasteiger partial charge in [0.2, 0.25) is 0 Å². The summed E-state index contributed by atoms with van der Waals surface area (Å²) in [6, 6.07) is 2.17. The summed E-state index contributed by atoms with van der Waals surface area (Å²) in [6.45, 7) is -1.96. The highest BCUT2D eigenvalue weighted by Crippen LogP contribution is 2.22. The van der Waals surface area contributed by atoms with E-state index in [1.54, 1.807) is 0 Å². The van der Waals surface area contributed by atoms with Crippen LogP contribution in [0, 0.1) is 10.1 Å². The van der Waals surface area contributed by atoms with Gasteiger partial charge in [-0.2, -0.15) is 13.2 Å². The normalized spacial score (nSPS) is 11.3. The molecule has 0 aliphatic rings. The molecule has 1 N–H and O–H groups in total. The Kier molecular flexibility index (Phi) is 4.43. The molecule has 0 atom stereocenters. The Balaban J connectivity index is 2.88. The summed E-state index contributed by atoms with van der Waals surface area (Å²) in [4.78, 5) is 13.9. The van der Waals surface area contributed by atoms with E-state index in [2.05, 4.69) is 4.98 Å². The molecular formula is C9H10F3N3O3. The number of aromatic nitrogens is 1. The number of pyridine rings is 1. The van der Waals surface area contributed by atoms with Crippen molar-refractivity contribution in [3.8, 4) is 0 Å². The van der Waals surface area contributed by atoms with Gasteiger partial charge in [0.25, 0.3) is 0 Å². The first-order chi connectivity index (χ1) is 8.33. The van der Waals surface area contributed by atoms with Gasteiger partial charge >= 0.3 is 12.0 Å². The third-order valence-electron chi connectivity index (χ3n) is 2.02. The first kappa shape index (κ1) is 14.2. The minimum absolute atomic E-state index is 0.0620. The smallest absolute Gasteiger partial charge is 0.395 e. The molecule has 1 rings (SSSR count). The lowest BCUT2D eigenvalue weighted by atomic mass is 10.3. The van der Waals surface area contributed by atoms with Crippen molar-refractivity contribution < 1.29 is 23.2 Å². The van der Waals surface area contributed by atoms with E-state index in [1.807, 2.05) is 0 Å². The molecule has 1 aromatic heterocycles. The highest BCUT2D eigenvalue weighted by Gasteiger charge is 2.31. The van der Waals surface area contributed by atoms with Crippen LogP contribution in [-0.2, 0) is 0 Å². The van der Waals surface area contributed by atoms with Gasteiger partial charge in [0.1, 0.15) is 6.54 Å². The van der Waals surface area contributed by atoms with Crippen LogP contribution in [0.25, 0.3) is 0 Å². The highest BCUT2D eigenvalue weighted by atomic mass is 19.4. The lowest BCUT2D eigenvalue weighted by molar-refractivity contribution is -0.389. The molecule has 18 heavy (non-hydrogen) atoms. The molecule has 0 amide bonds. The average Bonchev–Trinajstić information content (AvgIpc) is 2.27. The van der Waals surface area contributed by atoms with Gasteiger partial charge < -0.3 is 20.1 Å². The number of aliphatic hydroxyl groups excluding tert-OH is 1. The van der Waals surface area contributed by atoms with Crippen molar-refractivity contribution in [3.05, 3.63) is 28.4 Å². The Morgan fingerprint density at radius 1 is 1.44 bits per heavy atom. The Hall–Kier alpha value is -1.90. The maximum atomic E-state index is 12.3. The topological polar surface area (TPSA) is 79.5 Å². The fourth-order valence-electron chi connectivity index (χ4n) is 1.31. The number of hydrogen-bond acceptors (Lipinski definition) is 5. The summed E-state index contributed by atoms with van der Waals surface area (Å²) in [5, 5.41) is 19.0. The van der Waals surface area contributed by atoms with Crippen LogP contribution in [0.1, 0.15) is 0 Å². The van der Waals surface area contributed by atoms with Crippen LogP contribution in [0.4, 0.5) is 24.7 Å². The summed E-state index contributed by atoms with van der Waals surface area (Å²) >= 11 is 0. The van der Waals surface area contributed by atoms with Gasteiger partial charge in [0.15, 0.2) is 6.20 Å². The van der Waals surface area contributed by atoms with Crippen LogP contribution >= 0.6 is 0 Å². The van der Waals surface area contributed by atoms with E-state index in [0.717, 1.165) is 23.2 Å². The van der Waals surface area contributed by atoms with Gasteiger partial charge in [-0.15, -0.1) is 0 Å². The summed E-state index contributed by atoms with van der Waals surface area (Å²) < 4.78 is 36.8. The van der Waals surface area contributed by atoms with Crippen molar-refractivity contribution >= 4 is 11.5 Å². The van der Waals surface area contributed by atoms with Crippen LogP contribution in [-0.4, -0.2) is 40.9 Å². The zero-order valence-corrected chi connectivity index (χ0v) is 9.09. The molecule has 0 bridgehead atoms. The number of anilines is 1. The second-order valence-corrected chi connectivity index (χ2v) is 3.39. The van der Waals surface area contributed by atoms with E-state index in [1.165, 1.54) is 0 Å². The summed E-state index contributed by atoms with van der Waals surface area (Å²) in [5.74, 6) is -0.449. The minimum atomic E-state index is -4.43. The molecule has 9 heteroatoms. The second-order valence-electron chi connectivity index (χ2n) is 3.39. The maximum absolute atomic E-state index is 12.3. The van der Waals surface area contributed by atoms with Crippen molar-refractivity contribution in [1.82, 2.24) is 4.98 Å². The molecular weight excluding hydrogens is 255 g/mol. The van der Waals surface area contributed by atoms with E-state index in [-0.39, 0.29) is 12.2 Å². The molecule has 6 nitrogen and oxygen atoms in total. The molecule has 0 saturated carbocycles. The van der Waals surface area contributed by atoms with E-state index in [4.69, 9.17) is 5.11 Å². The van der Waals surface area contributed by atoms with Gasteiger partial charge in [-0.25, -0.2) is 0 Å². The molecule has 0 fully saturated rings. The van der Waals surface area contributed by atoms with E-state index in [0.29, 0.717) is 0 Å². The largest absolute Gasteiger partial charge is 0.405 e. The molecule has 0 aliphatic carbocycles. The van der Waals surface area contributed by atoms with E-state index < -0.39 is 30.1 Å². The lowest BCUT2D eigenvalue weighted by Gasteiger charge is -2.23. The van der Waals surface area contributed by atoms with Crippen LogP contribution in [0.3, 0.4) is 0 Å². The zero-order valence-electron chi connectivity index (χ0n) is 9.09. The second kappa shape index (κ2) is 5.63. The van der Waals surface area contributed by atoms with Crippen LogP contribution in [0.5, 0.6) is 0 Å². The van der Waals surface area contributed by atoms with E-state index >= 15 is 0 Å². The Morgan fingerprint density at radius 2 is 2.11 bits per heavy atom. The number of halogens is 3. The quantitative estimate of drug-likeness (QED) is 0.642. The molecule has 0 unspecified atom stereocenters. The predicted molar refractivity (Wildman–Crippen MR) is 56.2 cm³/mol. The SMILES string of the molecule is O=[N+]([O-])c1ccc(N(CCO)CC(F)(F)F)cn1. The fourth-order valence-corrected chi connectivity index (χ4v) is 1.31. The molecule has 0 aromatic carbocycles. The monoisotopic (exact) mass is 265 g/mol. The molecule has 1 heterocycles. The minimum Gasteiger partial charge on any atom is -0.395 e. The Bertz CT molecular complexity index is 408. The summed E-state index contributed by atoms with van der Waals surface area (Å²) in [5.41, 5.74) is 0.0620. The molecule has 0 aliphatic heterocycles. The third-order valence-corrected chi connectivity index (χ3v) is 2.02. The number of rotatable bonds is 5. The van der Waals surface area contributed by atoms with Gasteiger partial charge in [-0.3, -0.25) is 0 Å². The summed E-state index contributed by atoms with van der Waals surface area (Å²) in [7, 11) is 0. The number of aliphatic hydroxyl groups is 1. The summed E-state index contributed by atoms with van der Waals surface area (Å²) in [6.07, 6.45) is -3.46. The number of alkyl halides is 3. The van der Waals surface area contributed by atoms with Crippen LogP contribution in [0.15, 0.2) is 18.3 Å². The first-order valence-corrected chi connectivity index (χ1v) is 4.86. The van der Waals surface area contributed by atoms with Crippen LogP contribution < -0.4 is 4.90 Å². The standard InChI is InChI=1S/C9H10F3N3O3/c10-9(11,12)6-14(3-4-16)7-1-2-8(13-5-7)15(17)18/h1-2,5,16H,3-4,6H2. The van der Waals surface area contributed by atoms with Crippen molar-refractivity contribution in [2.75, 3.05) is 24.6 Å². The molecule has 0 saturated heterocycles. The lowest BCUT2D eigenvalue weighted by Crippen LogP contribution is -2.36. The number of nitro groups is 1. The highest BCUT2D eigenvalue weighted by molar-refractivity contribution is 5.46. The number of nitrogens with zero attached hydrogens (tertiary/aromatic N) is 3. The third kappa shape index (κ3) is 4.17. The van der Waals surface area contributed by atoms with Crippen LogP contribution in [0.2, 0.25) is 0 Å². The van der Waals surface area contributed by atoms with Gasteiger partial charge in [0, 0.05) is 12.6 Å². The molecule has 0 spiro atoms. The van der Waals surface area contributed by atoms with Crippen molar-refractivity contribution in [2.45, 2.75) is 6.18 Å².